The van der Waals surface area contributed by atoms with Crippen molar-refractivity contribution in [3.8, 4) is 5.75 Å². The van der Waals surface area contributed by atoms with Gasteiger partial charge in [-0.25, -0.2) is 4.39 Å². The molecule has 2 N–H and O–H groups in total. The third-order valence-corrected chi connectivity index (χ3v) is 2.96. The molecule has 1 aromatic rings. The molecular formula is C14H19FN2O4. The van der Waals surface area contributed by atoms with Crippen LogP contribution in [0, 0.1) is 5.82 Å². The van der Waals surface area contributed by atoms with Gasteiger partial charge in [0.15, 0.2) is 0 Å². The highest BCUT2D eigenvalue weighted by molar-refractivity contribution is 5.95. The molecule has 1 amide bonds. The Kier molecular flexibility index (Phi) is 5.91. The molecule has 7 heteroatoms. The summed E-state index contributed by atoms with van der Waals surface area (Å²) in [6.45, 7) is 2.33. The topological polar surface area (TPSA) is 68.8 Å². The number of hydrogen-bond donors (Lipinski definition) is 2. The van der Waals surface area contributed by atoms with Crippen LogP contribution in [0.5, 0.6) is 5.75 Å². The van der Waals surface area contributed by atoms with Crippen LogP contribution in [0.25, 0.3) is 0 Å². The van der Waals surface area contributed by atoms with Crippen molar-refractivity contribution in [2.75, 3.05) is 45.3 Å². The summed E-state index contributed by atoms with van der Waals surface area (Å²) in [7, 11) is 1.56. The second-order valence-corrected chi connectivity index (χ2v) is 4.53. The molecule has 1 atom stereocenters. The summed E-state index contributed by atoms with van der Waals surface area (Å²) in [4.78, 5) is 12.1. The lowest BCUT2D eigenvalue weighted by molar-refractivity contribution is -0.128. The fourth-order valence-electron chi connectivity index (χ4n) is 1.91. The van der Waals surface area contributed by atoms with Gasteiger partial charge >= 0.3 is 0 Å². The zero-order valence-electron chi connectivity index (χ0n) is 11.9. The number of amides is 1. The average molecular weight is 298 g/mol. The second kappa shape index (κ2) is 7.92. The minimum Gasteiger partial charge on any atom is -0.489 e. The van der Waals surface area contributed by atoms with E-state index in [9.17, 15) is 9.18 Å². The molecule has 1 aliphatic heterocycles. The Morgan fingerprint density at radius 1 is 1.52 bits per heavy atom. The predicted molar refractivity (Wildman–Crippen MR) is 75.0 cm³/mol. The van der Waals surface area contributed by atoms with E-state index in [0.29, 0.717) is 32.1 Å². The lowest BCUT2D eigenvalue weighted by atomic mass is 10.2. The maximum atomic E-state index is 13.4. The maximum Gasteiger partial charge on any atom is 0.254 e. The smallest absolute Gasteiger partial charge is 0.254 e. The second-order valence-electron chi connectivity index (χ2n) is 4.53. The standard InChI is InChI=1S/C14H19FN2O4/c1-19-6-7-21-12-3-2-10(15)8-11(12)17-14(18)13-9-16-4-5-20-13/h2-3,8,13,16H,4-7,9H2,1H3,(H,17,18). The maximum absolute atomic E-state index is 13.4. The van der Waals surface area contributed by atoms with Crippen molar-refractivity contribution in [2.24, 2.45) is 0 Å². The number of ether oxygens (including phenoxy) is 3. The number of carbonyl (C=O) groups excluding carboxylic acids is 1. The molecule has 21 heavy (non-hydrogen) atoms. The van der Waals surface area contributed by atoms with Gasteiger partial charge in [-0.1, -0.05) is 0 Å². The molecule has 1 aromatic carbocycles. The number of morpholine rings is 1. The van der Waals surface area contributed by atoms with Gasteiger partial charge in [-0.05, 0) is 12.1 Å². The fourth-order valence-corrected chi connectivity index (χ4v) is 1.91. The van der Waals surface area contributed by atoms with Gasteiger partial charge in [0.25, 0.3) is 5.91 Å². The van der Waals surface area contributed by atoms with Crippen molar-refractivity contribution in [1.29, 1.82) is 0 Å². The number of anilines is 1. The van der Waals surface area contributed by atoms with Gasteiger partial charge in [0, 0.05) is 26.3 Å². The largest absolute Gasteiger partial charge is 0.489 e. The normalized spacial score (nSPS) is 18.3. The molecule has 1 unspecified atom stereocenters. The third kappa shape index (κ3) is 4.66. The van der Waals surface area contributed by atoms with E-state index in [1.807, 2.05) is 0 Å². The van der Waals surface area contributed by atoms with Crippen LogP contribution in [0.15, 0.2) is 18.2 Å². The summed E-state index contributed by atoms with van der Waals surface area (Å²) in [5.74, 6) is -0.387. The van der Waals surface area contributed by atoms with Gasteiger partial charge in [-0.2, -0.15) is 0 Å². The Balaban J connectivity index is 2.02. The van der Waals surface area contributed by atoms with Crippen LogP contribution < -0.4 is 15.4 Å². The molecular weight excluding hydrogens is 279 g/mol. The summed E-state index contributed by atoms with van der Waals surface area (Å²) in [5, 5.41) is 5.70. The molecule has 2 rings (SSSR count). The minimum atomic E-state index is -0.589. The Labute approximate surface area is 122 Å². The number of rotatable bonds is 6. The SMILES string of the molecule is COCCOc1ccc(F)cc1NC(=O)C1CNCCO1. The van der Waals surface area contributed by atoms with Crippen LogP contribution in [0.4, 0.5) is 10.1 Å². The summed E-state index contributed by atoms with van der Waals surface area (Å²) in [5.41, 5.74) is 0.283. The van der Waals surface area contributed by atoms with E-state index in [-0.39, 0.29) is 11.6 Å². The summed E-state index contributed by atoms with van der Waals surface area (Å²) < 4.78 is 29.1. The molecule has 116 valence electrons. The summed E-state index contributed by atoms with van der Waals surface area (Å²) in [6.07, 6.45) is -0.589. The van der Waals surface area contributed by atoms with E-state index in [4.69, 9.17) is 14.2 Å². The quantitative estimate of drug-likeness (QED) is 0.760. The minimum absolute atomic E-state index is 0.283. The number of halogens is 1. The zero-order chi connectivity index (χ0) is 15.1. The molecule has 1 aliphatic rings. The number of methoxy groups -OCH3 is 1. The van der Waals surface area contributed by atoms with Crippen molar-refractivity contribution in [3.63, 3.8) is 0 Å². The van der Waals surface area contributed by atoms with E-state index in [1.54, 1.807) is 7.11 Å². The van der Waals surface area contributed by atoms with Crippen molar-refractivity contribution < 1.29 is 23.4 Å². The Bertz CT molecular complexity index is 478. The zero-order valence-corrected chi connectivity index (χ0v) is 11.9. The molecule has 0 saturated carbocycles. The summed E-state index contributed by atoms with van der Waals surface area (Å²) >= 11 is 0. The number of hydrogen-bond acceptors (Lipinski definition) is 5. The lowest BCUT2D eigenvalue weighted by Crippen LogP contribution is -2.45. The molecule has 0 spiro atoms. The van der Waals surface area contributed by atoms with Crippen LogP contribution >= 0.6 is 0 Å². The average Bonchev–Trinajstić information content (AvgIpc) is 2.50. The van der Waals surface area contributed by atoms with Crippen molar-refractivity contribution in [2.45, 2.75) is 6.10 Å². The first-order valence-corrected chi connectivity index (χ1v) is 6.75. The van der Waals surface area contributed by atoms with Crippen LogP contribution in [0.2, 0.25) is 0 Å². The van der Waals surface area contributed by atoms with Gasteiger partial charge in [-0.15, -0.1) is 0 Å². The van der Waals surface area contributed by atoms with Crippen molar-refractivity contribution in [3.05, 3.63) is 24.0 Å². The molecule has 0 bridgehead atoms. The Morgan fingerprint density at radius 2 is 2.38 bits per heavy atom. The number of carbonyl (C=O) groups is 1. The van der Waals surface area contributed by atoms with Crippen LogP contribution in [0.1, 0.15) is 0 Å². The lowest BCUT2D eigenvalue weighted by Gasteiger charge is -2.23. The van der Waals surface area contributed by atoms with Gasteiger partial charge in [0.2, 0.25) is 0 Å². The van der Waals surface area contributed by atoms with E-state index in [0.717, 1.165) is 6.54 Å². The van der Waals surface area contributed by atoms with Crippen molar-refractivity contribution >= 4 is 11.6 Å². The van der Waals surface area contributed by atoms with Gasteiger partial charge in [-0.3, -0.25) is 4.79 Å². The monoisotopic (exact) mass is 298 g/mol. The van der Waals surface area contributed by atoms with Crippen LogP contribution in [-0.4, -0.2) is 52.0 Å². The van der Waals surface area contributed by atoms with Gasteiger partial charge < -0.3 is 24.8 Å². The first-order chi connectivity index (χ1) is 10.2. The molecule has 1 saturated heterocycles. The molecule has 1 heterocycles. The highest BCUT2D eigenvalue weighted by Gasteiger charge is 2.22. The van der Waals surface area contributed by atoms with Crippen LogP contribution in [0.3, 0.4) is 0 Å². The van der Waals surface area contributed by atoms with E-state index >= 15 is 0 Å². The first-order valence-electron chi connectivity index (χ1n) is 6.75. The van der Waals surface area contributed by atoms with E-state index in [1.165, 1.54) is 18.2 Å². The molecule has 1 fully saturated rings. The highest BCUT2D eigenvalue weighted by Crippen LogP contribution is 2.25. The van der Waals surface area contributed by atoms with E-state index in [2.05, 4.69) is 10.6 Å². The summed E-state index contributed by atoms with van der Waals surface area (Å²) in [6, 6.07) is 3.97. The van der Waals surface area contributed by atoms with E-state index < -0.39 is 11.9 Å². The first kappa shape index (κ1) is 15.7. The molecule has 0 aromatic heterocycles. The molecule has 0 aliphatic carbocycles. The number of benzene rings is 1. The highest BCUT2D eigenvalue weighted by atomic mass is 19.1. The van der Waals surface area contributed by atoms with Gasteiger partial charge in [0.1, 0.15) is 24.3 Å². The van der Waals surface area contributed by atoms with Crippen LogP contribution in [-0.2, 0) is 14.3 Å². The van der Waals surface area contributed by atoms with Gasteiger partial charge in [0.05, 0.1) is 18.9 Å². The predicted octanol–water partition coefficient (Wildman–Crippen LogP) is 0.778. The Morgan fingerprint density at radius 3 is 3.10 bits per heavy atom. The Hall–Kier alpha value is -1.70. The molecule has 6 nitrogen and oxygen atoms in total. The fraction of sp³-hybridized carbons (Fsp3) is 0.500. The third-order valence-electron chi connectivity index (χ3n) is 2.96. The number of nitrogens with one attached hydrogen (secondary N) is 2. The molecule has 0 radical (unpaired) electrons. The van der Waals surface area contributed by atoms with Crippen molar-refractivity contribution in [1.82, 2.24) is 5.32 Å².